The maximum absolute atomic E-state index is 5.40. The third-order valence-corrected chi connectivity index (χ3v) is 13.5. The largest absolute Gasteiger partial charge is 0.497 e. The van der Waals surface area contributed by atoms with Crippen molar-refractivity contribution in [3.63, 3.8) is 0 Å². The van der Waals surface area contributed by atoms with E-state index in [1.54, 1.807) is 7.11 Å². The maximum atomic E-state index is 5.40. The summed E-state index contributed by atoms with van der Waals surface area (Å²) in [6, 6.07) is 10.8. The number of aryl methyl sites for hydroxylation is 1. The number of fused-ring (bicyclic) bond motifs is 1. The highest BCUT2D eigenvalue weighted by Gasteiger charge is 2.41. The Hall–Kier alpha value is -0.993. The minimum atomic E-state index is -1.61. The van der Waals surface area contributed by atoms with Crippen molar-refractivity contribution in [3.8, 4) is 17.2 Å². The fourth-order valence-corrected chi connectivity index (χ4v) is 10.7. The quantitative estimate of drug-likeness (QED) is 0.229. The van der Waals surface area contributed by atoms with Gasteiger partial charge in [0.1, 0.15) is 13.8 Å². The molecule has 3 heteroatoms. The van der Waals surface area contributed by atoms with E-state index in [0.717, 1.165) is 18.6 Å². The van der Waals surface area contributed by atoms with Crippen LogP contribution >= 0.6 is 22.6 Å². The first-order chi connectivity index (χ1) is 12.7. The monoisotopic (exact) mass is 492 g/mol. The SMILES string of the molecule is COc1ccc2ccc(CCC#C[Si](C(C)C)(C(C)C)C(C)C)c(I)c2c1. The molecule has 0 spiro atoms. The van der Waals surface area contributed by atoms with E-state index in [1.807, 2.05) is 6.07 Å². The average molecular weight is 493 g/mol. The van der Waals surface area contributed by atoms with E-state index in [-0.39, 0.29) is 0 Å². The summed E-state index contributed by atoms with van der Waals surface area (Å²) in [5, 5.41) is 2.54. The summed E-state index contributed by atoms with van der Waals surface area (Å²) < 4.78 is 6.72. The Kier molecular flexibility index (Phi) is 7.82. The lowest BCUT2D eigenvalue weighted by Gasteiger charge is -2.38. The smallest absolute Gasteiger partial charge is 0.145 e. The first-order valence-corrected chi connectivity index (χ1v) is 13.3. The lowest BCUT2D eigenvalue weighted by atomic mass is 10.0. The van der Waals surface area contributed by atoms with E-state index in [9.17, 15) is 0 Å². The molecule has 0 saturated carbocycles. The van der Waals surface area contributed by atoms with Crippen LogP contribution in [-0.2, 0) is 6.42 Å². The van der Waals surface area contributed by atoms with Crippen molar-refractivity contribution in [2.24, 2.45) is 0 Å². The van der Waals surface area contributed by atoms with Gasteiger partial charge < -0.3 is 4.74 Å². The van der Waals surface area contributed by atoms with E-state index < -0.39 is 8.07 Å². The third-order valence-electron chi connectivity index (χ3n) is 5.93. The molecule has 2 aromatic carbocycles. The molecule has 0 atom stereocenters. The summed E-state index contributed by atoms with van der Waals surface area (Å²) in [6.45, 7) is 14.3. The van der Waals surface area contributed by atoms with Crippen LogP contribution in [0.4, 0.5) is 0 Å². The molecular formula is C24H33IOSi. The zero-order chi connectivity index (χ0) is 20.2. The number of benzene rings is 2. The van der Waals surface area contributed by atoms with E-state index >= 15 is 0 Å². The molecule has 0 aliphatic rings. The molecule has 0 unspecified atom stereocenters. The molecule has 0 heterocycles. The van der Waals surface area contributed by atoms with Gasteiger partial charge in [0.05, 0.1) is 7.11 Å². The minimum Gasteiger partial charge on any atom is -0.497 e. The number of methoxy groups -OCH3 is 1. The van der Waals surface area contributed by atoms with Gasteiger partial charge in [0.25, 0.3) is 0 Å². The molecule has 27 heavy (non-hydrogen) atoms. The van der Waals surface area contributed by atoms with Crippen molar-refractivity contribution < 1.29 is 4.74 Å². The summed E-state index contributed by atoms with van der Waals surface area (Å²) in [5.74, 6) is 4.52. The van der Waals surface area contributed by atoms with Crippen molar-refractivity contribution in [1.82, 2.24) is 0 Å². The molecule has 1 nitrogen and oxygen atoms in total. The molecule has 0 N–H and O–H groups in total. The van der Waals surface area contributed by atoms with Crippen molar-refractivity contribution in [3.05, 3.63) is 39.5 Å². The predicted molar refractivity (Wildman–Crippen MR) is 130 cm³/mol. The van der Waals surface area contributed by atoms with E-state index in [1.165, 1.54) is 19.9 Å². The van der Waals surface area contributed by atoms with Gasteiger partial charge >= 0.3 is 0 Å². The van der Waals surface area contributed by atoms with Gasteiger partial charge in [-0.25, -0.2) is 0 Å². The number of hydrogen-bond donors (Lipinski definition) is 0. The molecule has 2 aromatic rings. The standard InChI is InChI=1S/C24H33IOSi/c1-17(2)27(18(3)4,19(5)6)15-9-8-10-21-12-11-20-13-14-22(26-7)16-23(20)24(21)25/h11-14,16-19H,8,10H2,1-7H3. The Morgan fingerprint density at radius 1 is 0.963 bits per heavy atom. The third kappa shape index (κ3) is 4.71. The van der Waals surface area contributed by atoms with Gasteiger partial charge in [-0.3, -0.25) is 0 Å². The minimum absolute atomic E-state index is 0.693. The summed E-state index contributed by atoms with van der Waals surface area (Å²) in [6.07, 6.45) is 1.95. The van der Waals surface area contributed by atoms with Crippen molar-refractivity contribution >= 4 is 41.4 Å². The second-order valence-electron chi connectivity index (χ2n) is 8.32. The van der Waals surface area contributed by atoms with Crippen LogP contribution in [0.5, 0.6) is 5.75 Å². The summed E-state index contributed by atoms with van der Waals surface area (Å²) in [4.78, 5) is 0. The number of ether oxygens (including phenoxy) is 1. The van der Waals surface area contributed by atoms with Crippen LogP contribution in [-0.4, -0.2) is 15.2 Å². The van der Waals surface area contributed by atoms with Crippen molar-refractivity contribution in [2.45, 2.75) is 71.0 Å². The van der Waals surface area contributed by atoms with Gasteiger partial charge in [0.2, 0.25) is 0 Å². The van der Waals surface area contributed by atoms with Crippen LogP contribution in [0.15, 0.2) is 30.3 Å². The summed E-state index contributed by atoms with van der Waals surface area (Å²) >= 11 is 2.48. The lowest BCUT2D eigenvalue weighted by Crippen LogP contribution is -2.43. The van der Waals surface area contributed by atoms with Gasteiger partial charge in [-0.2, -0.15) is 0 Å². The summed E-state index contributed by atoms with van der Waals surface area (Å²) in [7, 11) is 0.109. The van der Waals surface area contributed by atoms with Gasteiger partial charge in [-0.05, 0) is 74.1 Å². The molecular weight excluding hydrogens is 459 g/mol. The number of hydrogen-bond acceptors (Lipinski definition) is 1. The van der Waals surface area contributed by atoms with Crippen LogP contribution in [0.1, 0.15) is 53.5 Å². The highest BCUT2D eigenvalue weighted by molar-refractivity contribution is 14.1. The Morgan fingerprint density at radius 2 is 1.56 bits per heavy atom. The lowest BCUT2D eigenvalue weighted by molar-refractivity contribution is 0.415. The zero-order valence-electron chi connectivity index (χ0n) is 17.8. The fourth-order valence-electron chi connectivity index (χ4n) is 4.47. The first kappa shape index (κ1) is 22.3. The van der Waals surface area contributed by atoms with Crippen LogP contribution in [0.25, 0.3) is 10.8 Å². The highest BCUT2D eigenvalue weighted by Crippen LogP contribution is 2.40. The molecule has 0 aliphatic carbocycles. The molecule has 0 saturated heterocycles. The molecule has 2 rings (SSSR count). The second kappa shape index (κ2) is 9.47. The number of rotatable bonds is 6. The molecule has 0 bridgehead atoms. The van der Waals surface area contributed by atoms with Crippen LogP contribution < -0.4 is 4.74 Å². The van der Waals surface area contributed by atoms with Crippen LogP contribution in [0.2, 0.25) is 16.6 Å². The topological polar surface area (TPSA) is 9.23 Å². The molecule has 0 radical (unpaired) electrons. The Morgan fingerprint density at radius 3 is 2.11 bits per heavy atom. The van der Waals surface area contributed by atoms with Crippen molar-refractivity contribution in [2.75, 3.05) is 7.11 Å². The highest BCUT2D eigenvalue weighted by atomic mass is 127. The van der Waals surface area contributed by atoms with Crippen LogP contribution in [0, 0.1) is 15.0 Å². The molecule has 0 aliphatic heterocycles. The summed E-state index contributed by atoms with van der Waals surface area (Å²) in [5.41, 5.74) is 7.31. The first-order valence-electron chi connectivity index (χ1n) is 9.99. The average Bonchev–Trinajstić information content (AvgIpc) is 2.62. The van der Waals surface area contributed by atoms with Gasteiger partial charge in [-0.15, -0.1) is 11.5 Å². The fraction of sp³-hybridized carbons (Fsp3) is 0.500. The second-order valence-corrected chi connectivity index (χ2v) is 15.0. The molecule has 0 aromatic heterocycles. The number of halogens is 1. The van der Waals surface area contributed by atoms with Gasteiger partial charge in [0.15, 0.2) is 0 Å². The Labute approximate surface area is 180 Å². The van der Waals surface area contributed by atoms with Crippen molar-refractivity contribution in [1.29, 1.82) is 0 Å². The molecule has 0 fully saturated rings. The zero-order valence-corrected chi connectivity index (χ0v) is 21.0. The normalized spacial score (nSPS) is 12.0. The molecule has 146 valence electrons. The van der Waals surface area contributed by atoms with Crippen LogP contribution in [0.3, 0.4) is 0 Å². The molecule has 0 amide bonds. The Balaban J connectivity index is 2.25. The van der Waals surface area contributed by atoms with Gasteiger partial charge in [-0.1, -0.05) is 59.7 Å². The Bertz CT molecular complexity index is 821. The maximum Gasteiger partial charge on any atom is 0.145 e. The van der Waals surface area contributed by atoms with E-state index in [0.29, 0.717) is 16.6 Å². The van der Waals surface area contributed by atoms with Gasteiger partial charge in [0, 0.05) is 9.99 Å². The van der Waals surface area contributed by atoms with E-state index in [2.05, 4.69) is 99.9 Å². The predicted octanol–water partition coefficient (Wildman–Crippen LogP) is 7.61. The van der Waals surface area contributed by atoms with E-state index in [4.69, 9.17) is 4.74 Å².